The molecule has 0 radical (unpaired) electrons. The van der Waals surface area contributed by atoms with Crippen LogP contribution >= 0.6 is 0 Å². The number of methoxy groups -OCH3 is 1. The highest BCUT2D eigenvalue weighted by atomic mass is 32.2. The third-order valence-electron chi connectivity index (χ3n) is 2.73. The summed E-state index contributed by atoms with van der Waals surface area (Å²) < 4.78 is 32.5. The summed E-state index contributed by atoms with van der Waals surface area (Å²) in [6.07, 6.45) is 0. The van der Waals surface area contributed by atoms with Crippen molar-refractivity contribution < 1.29 is 22.7 Å². The van der Waals surface area contributed by atoms with Gasteiger partial charge in [0.2, 0.25) is 10.0 Å². The minimum absolute atomic E-state index is 0.0144. The molecule has 0 saturated heterocycles. The number of hydrogen-bond acceptors (Lipinski definition) is 5. The van der Waals surface area contributed by atoms with E-state index in [-0.39, 0.29) is 10.8 Å². The Morgan fingerprint density at radius 3 is 2.57 bits per heavy atom. The van der Waals surface area contributed by atoms with Crippen LogP contribution in [0, 0.1) is 6.92 Å². The van der Waals surface area contributed by atoms with Crippen LogP contribution in [-0.4, -0.2) is 47.8 Å². The first-order valence-corrected chi connectivity index (χ1v) is 7.89. The van der Waals surface area contributed by atoms with Gasteiger partial charge in [-0.1, -0.05) is 0 Å². The van der Waals surface area contributed by atoms with Gasteiger partial charge in [-0.2, -0.15) is 0 Å². The first-order valence-electron chi connectivity index (χ1n) is 6.34. The van der Waals surface area contributed by atoms with Gasteiger partial charge in [-0.15, -0.1) is 0 Å². The largest absolute Gasteiger partial charge is 0.382 e. The number of amides is 1. The second kappa shape index (κ2) is 8.08. The van der Waals surface area contributed by atoms with Gasteiger partial charge < -0.3 is 14.8 Å². The molecule has 0 aliphatic carbocycles. The average Bonchev–Trinajstić information content (AvgIpc) is 2.41. The molecular weight excluding hydrogens is 296 g/mol. The minimum Gasteiger partial charge on any atom is -0.382 e. The molecule has 0 heterocycles. The van der Waals surface area contributed by atoms with Gasteiger partial charge in [0.15, 0.2) is 0 Å². The third kappa shape index (κ3) is 5.80. The van der Waals surface area contributed by atoms with Gasteiger partial charge in [-0.05, 0) is 30.7 Å². The Kier molecular flexibility index (Phi) is 6.76. The lowest BCUT2D eigenvalue weighted by Gasteiger charge is -2.09. The van der Waals surface area contributed by atoms with Crippen molar-refractivity contribution in [1.82, 2.24) is 5.32 Å². The highest BCUT2D eigenvalue weighted by Gasteiger charge is 2.13. The maximum absolute atomic E-state index is 11.9. The summed E-state index contributed by atoms with van der Waals surface area (Å²) in [5.74, 6) is -0.288. The summed E-state index contributed by atoms with van der Waals surface area (Å²) in [5, 5.41) is 7.72. The van der Waals surface area contributed by atoms with Gasteiger partial charge >= 0.3 is 0 Å². The quantitative estimate of drug-likeness (QED) is 0.658. The summed E-state index contributed by atoms with van der Waals surface area (Å²) in [5.41, 5.74) is 0.943. The van der Waals surface area contributed by atoms with Crippen LogP contribution in [0.25, 0.3) is 0 Å². The molecule has 21 heavy (non-hydrogen) atoms. The first kappa shape index (κ1) is 17.6. The molecule has 0 saturated carbocycles. The molecule has 0 aliphatic heterocycles. The number of rotatable bonds is 8. The Hall–Kier alpha value is -1.48. The van der Waals surface area contributed by atoms with Gasteiger partial charge in [-0.3, -0.25) is 4.79 Å². The fraction of sp³-hybridized carbons (Fsp3) is 0.462. The molecule has 118 valence electrons. The lowest BCUT2D eigenvalue weighted by Crippen LogP contribution is -2.28. The highest BCUT2D eigenvalue weighted by Crippen LogP contribution is 2.14. The van der Waals surface area contributed by atoms with Gasteiger partial charge in [0.1, 0.15) is 0 Å². The fourth-order valence-electron chi connectivity index (χ4n) is 1.64. The molecule has 0 spiro atoms. The third-order valence-corrected chi connectivity index (χ3v) is 3.65. The molecule has 1 rings (SSSR count). The van der Waals surface area contributed by atoms with E-state index in [0.717, 1.165) is 0 Å². The first-order chi connectivity index (χ1) is 9.86. The SMILES string of the molecule is COCCOCCNC(=O)c1ccc(S(N)(=O)=O)cc1C. The fourth-order valence-corrected chi connectivity index (χ4v) is 2.24. The molecule has 1 amide bonds. The Bertz CT molecular complexity index is 586. The maximum Gasteiger partial charge on any atom is 0.251 e. The van der Waals surface area contributed by atoms with E-state index < -0.39 is 10.0 Å². The molecule has 0 atom stereocenters. The van der Waals surface area contributed by atoms with Crippen LogP contribution in [0.2, 0.25) is 0 Å². The zero-order valence-electron chi connectivity index (χ0n) is 12.1. The number of carbonyl (C=O) groups is 1. The van der Waals surface area contributed by atoms with Crippen LogP contribution in [0.5, 0.6) is 0 Å². The van der Waals surface area contributed by atoms with E-state index in [1.165, 1.54) is 18.2 Å². The van der Waals surface area contributed by atoms with Gasteiger partial charge in [0.25, 0.3) is 5.91 Å². The summed E-state index contributed by atoms with van der Waals surface area (Å²) in [4.78, 5) is 11.9. The van der Waals surface area contributed by atoms with E-state index in [0.29, 0.717) is 37.5 Å². The molecule has 0 bridgehead atoms. The number of nitrogens with one attached hydrogen (secondary N) is 1. The smallest absolute Gasteiger partial charge is 0.251 e. The Balaban J connectivity index is 2.55. The highest BCUT2D eigenvalue weighted by molar-refractivity contribution is 7.89. The van der Waals surface area contributed by atoms with Crippen LogP contribution in [0.1, 0.15) is 15.9 Å². The molecule has 1 aromatic carbocycles. The van der Waals surface area contributed by atoms with Gasteiger partial charge in [0.05, 0.1) is 24.7 Å². The molecule has 0 unspecified atom stereocenters. The minimum atomic E-state index is -3.76. The van der Waals surface area contributed by atoms with E-state index in [1.807, 2.05) is 0 Å². The number of benzene rings is 1. The van der Waals surface area contributed by atoms with E-state index in [9.17, 15) is 13.2 Å². The second-order valence-electron chi connectivity index (χ2n) is 4.38. The van der Waals surface area contributed by atoms with Crippen LogP contribution in [0.4, 0.5) is 0 Å². The average molecular weight is 316 g/mol. The van der Waals surface area contributed by atoms with E-state index in [2.05, 4.69) is 5.32 Å². The summed E-state index contributed by atoms with van der Waals surface area (Å²) in [6.45, 7) is 3.36. The second-order valence-corrected chi connectivity index (χ2v) is 5.94. The molecule has 0 aliphatic rings. The lowest BCUT2D eigenvalue weighted by molar-refractivity contribution is 0.0692. The Labute approximate surface area is 124 Å². The van der Waals surface area contributed by atoms with E-state index >= 15 is 0 Å². The van der Waals surface area contributed by atoms with Crippen molar-refractivity contribution in [1.29, 1.82) is 0 Å². The van der Waals surface area contributed by atoms with E-state index in [1.54, 1.807) is 14.0 Å². The van der Waals surface area contributed by atoms with Gasteiger partial charge in [-0.25, -0.2) is 13.6 Å². The molecule has 0 fully saturated rings. The lowest BCUT2D eigenvalue weighted by atomic mass is 10.1. The molecule has 8 heteroatoms. The van der Waals surface area contributed by atoms with Crippen molar-refractivity contribution >= 4 is 15.9 Å². The summed E-state index contributed by atoms with van der Waals surface area (Å²) in [6, 6.07) is 4.13. The number of nitrogens with two attached hydrogens (primary N) is 1. The normalized spacial score (nSPS) is 11.4. The number of carbonyl (C=O) groups excluding carboxylic acids is 1. The van der Waals surface area contributed by atoms with Gasteiger partial charge in [0, 0.05) is 19.2 Å². The van der Waals surface area contributed by atoms with Crippen LogP contribution in [0.15, 0.2) is 23.1 Å². The van der Waals surface area contributed by atoms with Crippen molar-refractivity contribution in [3.8, 4) is 0 Å². The Morgan fingerprint density at radius 1 is 1.29 bits per heavy atom. The number of aryl methyl sites for hydroxylation is 1. The molecule has 0 aromatic heterocycles. The van der Waals surface area contributed by atoms with Crippen molar-refractivity contribution in [2.24, 2.45) is 5.14 Å². The van der Waals surface area contributed by atoms with Crippen LogP contribution in [0.3, 0.4) is 0 Å². The molecule has 3 N–H and O–H groups in total. The predicted molar refractivity (Wildman–Crippen MR) is 77.6 cm³/mol. The van der Waals surface area contributed by atoms with Crippen molar-refractivity contribution in [3.05, 3.63) is 29.3 Å². The molecule has 7 nitrogen and oxygen atoms in total. The summed E-state index contributed by atoms with van der Waals surface area (Å²) >= 11 is 0. The zero-order valence-corrected chi connectivity index (χ0v) is 12.9. The topological polar surface area (TPSA) is 108 Å². The monoisotopic (exact) mass is 316 g/mol. The Morgan fingerprint density at radius 2 is 2.00 bits per heavy atom. The molecule has 1 aromatic rings. The van der Waals surface area contributed by atoms with E-state index in [4.69, 9.17) is 14.6 Å². The van der Waals surface area contributed by atoms with Crippen molar-refractivity contribution in [2.75, 3.05) is 33.5 Å². The van der Waals surface area contributed by atoms with Crippen LogP contribution in [-0.2, 0) is 19.5 Å². The number of sulfonamides is 1. The summed E-state index contributed by atoms with van der Waals surface area (Å²) in [7, 11) is -2.18. The predicted octanol–water partition coefficient (Wildman–Crippen LogP) is 0.0352. The number of hydrogen-bond donors (Lipinski definition) is 2. The standard InChI is InChI=1S/C13H20N2O5S/c1-10-9-11(21(14,17)18)3-4-12(10)13(16)15-5-6-20-8-7-19-2/h3-4,9H,5-8H2,1-2H3,(H,15,16)(H2,14,17,18). The number of primary sulfonamides is 1. The zero-order chi connectivity index (χ0) is 15.9. The molecular formula is C13H20N2O5S. The maximum atomic E-state index is 11.9. The van der Waals surface area contributed by atoms with Crippen molar-refractivity contribution in [2.45, 2.75) is 11.8 Å². The van der Waals surface area contributed by atoms with Crippen molar-refractivity contribution in [3.63, 3.8) is 0 Å². The number of ether oxygens (including phenoxy) is 2. The van der Waals surface area contributed by atoms with Crippen LogP contribution < -0.4 is 10.5 Å².